The monoisotopic (exact) mass is 306 g/mol. The van der Waals surface area contributed by atoms with Gasteiger partial charge in [-0.25, -0.2) is 4.79 Å². The van der Waals surface area contributed by atoms with Crippen LogP contribution in [0.5, 0.6) is 5.75 Å². The topological polar surface area (TPSA) is 68.2 Å². The molecule has 2 aromatic rings. The molecule has 1 aromatic heterocycles. The van der Waals surface area contributed by atoms with Gasteiger partial charge in [0.05, 0.1) is 18.5 Å². The summed E-state index contributed by atoms with van der Waals surface area (Å²) in [5, 5.41) is 10.2. The van der Waals surface area contributed by atoms with Gasteiger partial charge in [-0.15, -0.1) is 0 Å². The maximum atomic E-state index is 12.0. The van der Waals surface area contributed by atoms with Gasteiger partial charge in [-0.3, -0.25) is 4.68 Å². The van der Waals surface area contributed by atoms with Crippen molar-refractivity contribution in [1.82, 2.24) is 15.1 Å². The molecule has 0 unspecified atom stereocenters. The molecule has 2 N–H and O–H groups in total. The van der Waals surface area contributed by atoms with Gasteiger partial charge in [0.2, 0.25) is 0 Å². The molecule has 0 saturated heterocycles. The number of nitrogens with zero attached hydrogens (tertiary/aromatic N) is 2. The first kappa shape index (κ1) is 13.8. The molecular formula is C14H15ClN4O2. The molecule has 2 amide bonds. The molecule has 0 aliphatic carbocycles. The number of halogens is 1. The van der Waals surface area contributed by atoms with E-state index in [1.807, 2.05) is 19.3 Å². The maximum Gasteiger partial charge on any atom is 0.319 e. The van der Waals surface area contributed by atoms with Crippen LogP contribution >= 0.6 is 11.6 Å². The van der Waals surface area contributed by atoms with Crippen molar-refractivity contribution in [3.8, 4) is 5.75 Å². The largest absolute Gasteiger partial charge is 0.491 e. The summed E-state index contributed by atoms with van der Waals surface area (Å²) in [5.41, 5.74) is 2.55. The highest BCUT2D eigenvalue weighted by molar-refractivity contribution is 6.31. The number of ether oxygens (including phenoxy) is 1. The average molecular weight is 307 g/mol. The van der Waals surface area contributed by atoms with E-state index in [2.05, 4.69) is 15.7 Å². The zero-order chi connectivity index (χ0) is 14.8. The molecule has 1 aliphatic heterocycles. The van der Waals surface area contributed by atoms with E-state index in [-0.39, 0.29) is 6.03 Å². The first-order valence-electron chi connectivity index (χ1n) is 6.59. The Bertz CT molecular complexity index is 684. The van der Waals surface area contributed by atoms with E-state index < -0.39 is 0 Å². The molecule has 0 saturated carbocycles. The standard InChI is InChI=1S/C14H15ClN4O2/c1-19-8-9(7-17-19)6-16-14(20)18-12-5-11(15)4-10-2-3-21-13(10)12/h4-5,7-8H,2-3,6H2,1H3,(H2,16,18,20). The van der Waals surface area contributed by atoms with E-state index in [0.29, 0.717) is 29.6 Å². The van der Waals surface area contributed by atoms with Crippen molar-refractivity contribution in [2.45, 2.75) is 13.0 Å². The number of urea groups is 1. The number of carbonyl (C=O) groups is 1. The lowest BCUT2D eigenvalue weighted by molar-refractivity contribution is 0.251. The minimum absolute atomic E-state index is 0.307. The van der Waals surface area contributed by atoms with Crippen LogP contribution in [0.1, 0.15) is 11.1 Å². The molecule has 2 heterocycles. The summed E-state index contributed by atoms with van der Waals surface area (Å²) < 4.78 is 7.22. The summed E-state index contributed by atoms with van der Waals surface area (Å²) in [6.45, 7) is 1.02. The number of anilines is 1. The normalized spacial score (nSPS) is 12.7. The zero-order valence-corrected chi connectivity index (χ0v) is 12.3. The van der Waals surface area contributed by atoms with Crippen LogP contribution in [0.2, 0.25) is 5.02 Å². The van der Waals surface area contributed by atoms with Gasteiger partial charge in [0.1, 0.15) is 5.75 Å². The van der Waals surface area contributed by atoms with Gasteiger partial charge in [0.25, 0.3) is 0 Å². The SMILES string of the molecule is Cn1cc(CNC(=O)Nc2cc(Cl)cc3c2OCC3)cn1. The van der Waals surface area contributed by atoms with Crippen LogP contribution in [0.15, 0.2) is 24.5 Å². The Morgan fingerprint density at radius 2 is 2.38 bits per heavy atom. The van der Waals surface area contributed by atoms with Gasteiger partial charge >= 0.3 is 6.03 Å². The summed E-state index contributed by atoms with van der Waals surface area (Å²) in [6, 6.07) is 3.25. The number of rotatable bonds is 3. The minimum atomic E-state index is -0.307. The minimum Gasteiger partial charge on any atom is -0.491 e. The summed E-state index contributed by atoms with van der Waals surface area (Å²) in [6.07, 6.45) is 4.36. The zero-order valence-electron chi connectivity index (χ0n) is 11.5. The Kier molecular flexibility index (Phi) is 3.70. The predicted molar refractivity (Wildman–Crippen MR) is 79.7 cm³/mol. The first-order chi connectivity index (χ1) is 10.1. The number of fused-ring (bicyclic) bond motifs is 1. The lowest BCUT2D eigenvalue weighted by Crippen LogP contribution is -2.28. The lowest BCUT2D eigenvalue weighted by Gasteiger charge is -2.11. The quantitative estimate of drug-likeness (QED) is 0.914. The molecule has 3 rings (SSSR count). The third-order valence-electron chi connectivity index (χ3n) is 3.21. The predicted octanol–water partition coefficient (Wildman–Crippen LogP) is 2.33. The molecular weight excluding hydrogens is 292 g/mol. The van der Waals surface area contributed by atoms with E-state index in [9.17, 15) is 4.79 Å². The van der Waals surface area contributed by atoms with Gasteiger partial charge in [0, 0.05) is 42.4 Å². The van der Waals surface area contributed by atoms with Crippen LogP contribution in [0.3, 0.4) is 0 Å². The Morgan fingerprint density at radius 3 is 3.14 bits per heavy atom. The molecule has 6 nitrogen and oxygen atoms in total. The van der Waals surface area contributed by atoms with Crippen LogP contribution in [0.4, 0.5) is 10.5 Å². The number of hydrogen-bond acceptors (Lipinski definition) is 3. The van der Waals surface area contributed by atoms with Crippen molar-refractivity contribution in [2.75, 3.05) is 11.9 Å². The molecule has 7 heteroatoms. The summed E-state index contributed by atoms with van der Waals surface area (Å²) in [4.78, 5) is 12.0. The van der Waals surface area contributed by atoms with Crippen LogP contribution in [-0.2, 0) is 20.0 Å². The third-order valence-corrected chi connectivity index (χ3v) is 3.43. The van der Waals surface area contributed by atoms with E-state index in [1.165, 1.54) is 0 Å². The van der Waals surface area contributed by atoms with Gasteiger partial charge in [-0.2, -0.15) is 5.10 Å². The van der Waals surface area contributed by atoms with Crippen molar-refractivity contribution in [3.05, 3.63) is 40.7 Å². The fourth-order valence-corrected chi connectivity index (χ4v) is 2.51. The highest BCUT2D eigenvalue weighted by atomic mass is 35.5. The van der Waals surface area contributed by atoms with E-state index >= 15 is 0 Å². The second-order valence-corrected chi connectivity index (χ2v) is 5.31. The van der Waals surface area contributed by atoms with Crippen molar-refractivity contribution < 1.29 is 9.53 Å². The molecule has 0 fully saturated rings. The fraction of sp³-hybridized carbons (Fsp3) is 0.286. The highest BCUT2D eigenvalue weighted by Crippen LogP contribution is 2.36. The number of hydrogen-bond donors (Lipinski definition) is 2. The van der Waals surface area contributed by atoms with Crippen molar-refractivity contribution in [2.24, 2.45) is 7.05 Å². The molecule has 0 spiro atoms. The van der Waals surface area contributed by atoms with Crippen LogP contribution < -0.4 is 15.4 Å². The summed E-state index contributed by atoms with van der Waals surface area (Å²) in [7, 11) is 1.83. The Labute approximate surface area is 127 Å². The molecule has 0 radical (unpaired) electrons. The summed E-state index contributed by atoms with van der Waals surface area (Å²) >= 11 is 6.05. The number of aromatic nitrogens is 2. The third kappa shape index (κ3) is 3.11. The van der Waals surface area contributed by atoms with E-state index in [0.717, 1.165) is 17.5 Å². The number of carbonyl (C=O) groups excluding carboxylic acids is 1. The van der Waals surface area contributed by atoms with Crippen LogP contribution in [0, 0.1) is 0 Å². The molecule has 0 bridgehead atoms. The van der Waals surface area contributed by atoms with E-state index in [1.54, 1.807) is 16.9 Å². The summed E-state index contributed by atoms with van der Waals surface area (Å²) in [5.74, 6) is 0.705. The van der Waals surface area contributed by atoms with Crippen molar-refractivity contribution >= 4 is 23.3 Å². The maximum absolute atomic E-state index is 12.0. The molecule has 1 aliphatic rings. The number of nitrogens with one attached hydrogen (secondary N) is 2. The van der Waals surface area contributed by atoms with Gasteiger partial charge in [-0.1, -0.05) is 11.6 Å². The van der Waals surface area contributed by atoms with Crippen LogP contribution in [-0.4, -0.2) is 22.4 Å². The molecule has 1 aromatic carbocycles. The highest BCUT2D eigenvalue weighted by Gasteiger charge is 2.18. The van der Waals surface area contributed by atoms with Crippen molar-refractivity contribution in [1.29, 1.82) is 0 Å². The van der Waals surface area contributed by atoms with Gasteiger partial charge in [-0.05, 0) is 12.1 Å². The second kappa shape index (κ2) is 5.65. The number of amides is 2. The van der Waals surface area contributed by atoms with E-state index in [4.69, 9.17) is 16.3 Å². The lowest BCUT2D eigenvalue weighted by atomic mass is 10.1. The Hall–Kier alpha value is -2.21. The van der Waals surface area contributed by atoms with Crippen molar-refractivity contribution in [3.63, 3.8) is 0 Å². The van der Waals surface area contributed by atoms with Gasteiger partial charge < -0.3 is 15.4 Å². The first-order valence-corrected chi connectivity index (χ1v) is 6.97. The molecule has 0 atom stereocenters. The fourth-order valence-electron chi connectivity index (χ4n) is 2.27. The Morgan fingerprint density at radius 1 is 1.52 bits per heavy atom. The average Bonchev–Trinajstić information content (AvgIpc) is 3.05. The number of aryl methyl sites for hydroxylation is 1. The molecule has 110 valence electrons. The molecule has 21 heavy (non-hydrogen) atoms. The second-order valence-electron chi connectivity index (χ2n) is 4.87. The smallest absolute Gasteiger partial charge is 0.319 e. The van der Waals surface area contributed by atoms with Crippen LogP contribution in [0.25, 0.3) is 0 Å². The number of benzene rings is 1. The Balaban J connectivity index is 1.65. The van der Waals surface area contributed by atoms with Gasteiger partial charge in [0.15, 0.2) is 0 Å².